The third-order valence-electron chi connectivity index (χ3n) is 6.48. The van der Waals surface area contributed by atoms with Crippen LogP contribution < -0.4 is 5.32 Å². The van der Waals surface area contributed by atoms with Crippen molar-refractivity contribution in [1.29, 1.82) is 0 Å². The molecule has 9 nitrogen and oxygen atoms in total. The lowest BCUT2D eigenvalue weighted by molar-refractivity contribution is 0.0651. The van der Waals surface area contributed by atoms with E-state index in [4.69, 9.17) is 4.74 Å². The first-order valence-corrected chi connectivity index (χ1v) is 10.2. The Labute approximate surface area is 163 Å². The third-order valence-corrected chi connectivity index (χ3v) is 6.48. The molecule has 28 heavy (non-hydrogen) atoms. The number of nitrogens with zero attached hydrogens (tertiary/aromatic N) is 5. The number of fused-ring (bicyclic) bond motifs is 3. The van der Waals surface area contributed by atoms with E-state index in [1.807, 2.05) is 6.20 Å². The lowest BCUT2D eigenvalue weighted by Gasteiger charge is -2.26. The van der Waals surface area contributed by atoms with Gasteiger partial charge in [0.1, 0.15) is 18.1 Å². The van der Waals surface area contributed by atoms with Gasteiger partial charge in [-0.25, -0.2) is 4.79 Å². The van der Waals surface area contributed by atoms with E-state index >= 15 is 0 Å². The number of carbonyl (C=O) groups is 1. The van der Waals surface area contributed by atoms with E-state index < -0.39 is 6.10 Å². The monoisotopic (exact) mass is 386 g/mol. The summed E-state index contributed by atoms with van der Waals surface area (Å²) < 4.78 is 7.98. The molecule has 0 radical (unpaired) electrons. The van der Waals surface area contributed by atoms with Gasteiger partial charge in [-0.2, -0.15) is 0 Å². The molecule has 1 saturated heterocycles. The summed E-state index contributed by atoms with van der Waals surface area (Å²) in [7, 11) is 0. The molecule has 0 aromatic carbocycles. The topological polar surface area (TPSA) is 105 Å². The molecule has 1 amide bonds. The third kappa shape index (κ3) is 2.88. The summed E-state index contributed by atoms with van der Waals surface area (Å²) in [5.74, 6) is 2.35. The minimum atomic E-state index is -0.433. The standard InChI is InChI=1S/C19H26N6O3/c1-2-11-7-13(28-19(27)24-6-4-12(26)10-24)8-14(11)18-23-22-16-9-21-17-15(25(16)18)3-5-20-17/h3,5,9,11-15,17,20,26H,2,4,6-8,10H2,1H3/t11-,12+,13+,14+,15?,17?/m1/s1. The Hall–Kier alpha value is -2.42. The van der Waals surface area contributed by atoms with E-state index in [9.17, 15) is 9.90 Å². The molecule has 1 saturated carbocycles. The summed E-state index contributed by atoms with van der Waals surface area (Å²) >= 11 is 0. The first-order valence-electron chi connectivity index (χ1n) is 10.2. The number of β-amino-alcohol motifs (C(OH)–C–C–N with tert-alkyl or cyclic N) is 1. The fourth-order valence-electron chi connectivity index (χ4n) is 4.99. The number of likely N-dealkylation sites (tertiary alicyclic amines) is 1. The maximum absolute atomic E-state index is 12.4. The van der Waals surface area contributed by atoms with Gasteiger partial charge in [0.05, 0.1) is 18.4 Å². The molecule has 5 rings (SSSR count). The number of aliphatic imine (C=N–C) groups is 1. The number of rotatable bonds is 3. The van der Waals surface area contributed by atoms with Crippen molar-refractivity contribution in [3.8, 4) is 0 Å². The quantitative estimate of drug-likeness (QED) is 0.808. The fourth-order valence-corrected chi connectivity index (χ4v) is 4.99. The molecule has 150 valence electrons. The highest BCUT2D eigenvalue weighted by atomic mass is 16.6. The van der Waals surface area contributed by atoms with Crippen molar-refractivity contribution >= 4 is 12.3 Å². The Morgan fingerprint density at radius 2 is 2.29 bits per heavy atom. The van der Waals surface area contributed by atoms with Crippen LogP contribution in [0.1, 0.15) is 56.2 Å². The van der Waals surface area contributed by atoms with Gasteiger partial charge in [0, 0.05) is 19.0 Å². The molecule has 2 fully saturated rings. The molecule has 4 heterocycles. The highest BCUT2D eigenvalue weighted by molar-refractivity contribution is 5.76. The highest BCUT2D eigenvalue weighted by Crippen LogP contribution is 2.44. The van der Waals surface area contributed by atoms with Crippen LogP contribution in [0.25, 0.3) is 0 Å². The molecule has 1 aromatic heterocycles. The number of nitrogens with one attached hydrogen (secondary N) is 1. The molecule has 3 aliphatic heterocycles. The predicted octanol–water partition coefficient (Wildman–Crippen LogP) is 1.17. The zero-order valence-corrected chi connectivity index (χ0v) is 15.9. The summed E-state index contributed by atoms with van der Waals surface area (Å²) in [5.41, 5.74) is 0. The van der Waals surface area contributed by atoms with Crippen LogP contribution in [0.5, 0.6) is 0 Å². The average molecular weight is 386 g/mol. The second-order valence-corrected chi connectivity index (χ2v) is 8.17. The van der Waals surface area contributed by atoms with Crippen molar-refractivity contribution in [2.24, 2.45) is 10.9 Å². The molecule has 6 atom stereocenters. The number of aliphatic hydroxyl groups is 1. The SMILES string of the molecule is CC[C@@H]1C[C@H](OC(=O)N2CC[C@H](O)C2)C[C@@H]1c1nnc2n1C1C=CNC1N=C2. The average Bonchev–Trinajstić information content (AvgIpc) is 3.45. The van der Waals surface area contributed by atoms with E-state index in [0.717, 1.165) is 30.9 Å². The highest BCUT2D eigenvalue weighted by Gasteiger charge is 2.42. The second kappa shape index (κ2) is 6.88. The van der Waals surface area contributed by atoms with Crippen molar-refractivity contribution in [3.05, 3.63) is 23.9 Å². The van der Waals surface area contributed by atoms with Crippen molar-refractivity contribution in [2.45, 2.75) is 62.9 Å². The largest absolute Gasteiger partial charge is 0.446 e. The zero-order chi connectivity index (χ0) is 19.3. The van der Waals surface area contributed by atoms with Crippen LogP contribution in [-0.4, -0.2) is 68.5 Å². The van der Waals surface area contributed by atoms with E-state index in [2.05, 4.69) is 38.1 Å². The van der Waals surface area contributed by atoms with Crippen molar-refractivity contribution in [3.63, 3.8) is 0 Å². The molecule has 9 heteroatoms. The van der Waals surface area contributed by atoms with Crippen LogP contribution in [0, 0.1) is 5.92 Å². The lowest BCUT2D eigenvalue weighted by atomic mass is 9.92. The molecular formula is C19H26N6O3. The Morgan fingerprint density at radius 3 is 3.07 bits per heavy atom. The van der Waals surface area contributed by atoms with Crippen LogP contribution in [-0.2, 0) is 4.74 Å². The summed E-state index contributed by atoms with van der Waals surface area (Å²) in [5, 5.41) is 21.8. The molecule has 2 N–H and O–H groups in total. The van der Waals surface area contributed by atoms with Gasteiger partial charge >= 0.3 is 6.09 Å². The predicted molar refractivity (Wildman–Crippen MR) is 101 cm³/mol. The number of ether oxygens (including phenoxy) is 1. The molecule has 4 aliphatic rings. The molecule has 1 aromatic rings. The number of carbonyl (C=O) groups excluding carboxylic acids is 1. The Balaban J connectivity index is 1.34. The smallest absolute Gasteiger partial charge is 0.410 e. The second-order valence-electron chi connectivity index (χ2n) is 8.17. The molecule has 2 unspecified atom stereocenters. The van der Waals surface area contributed by atoms with Gasteiger partial charge < -0.3 is 20.1 Å². The molecular weight excluding hydrogens is 360 g/mol. The van der Waals surface area contributed by atoms with Crippen molar-refractivity contribution in [1.82, 2.24) is 25.0 Å². The van der Waals surface area contributed by atoms with Crippen LogP contribution in [0.2, 0.25) is 0 Å². The van der Waals surface area contributed by atoms with Crippen molar-refractivity contribution in [2.75, 3.05) is 13.1 Å². The van der Waals surface area contributed by atoms with E-state index in [1.54, 1.807) is 11.1 Å². The van der Waals surface area contributed by atoms with E-state index in [0.29, 0.717) is 25.4 Å². The van der Waals surface area contributed by atoms with Gasteiger partial charge in [0.25, 0.3) is 0 Å². The normalized spacial score (nSPS) is 35.7. The Bertz CT molecular complexity index is 821. The van der Waals surface area contributed by atoms with E-state index in [-0.39, 0.29) is 30.3 Å². The van der Waals surface area contributed by atoms with Gasteiger partial charge in [-0.3, -0.25) is 9.56 Å². The molecule has 0 spiro atoms. The number of hydrogen-bond donors (Lipinski definition) is 2. The first-order chi connectivity index (χ1) is 13.6. The summed E-state index contributed by atoms with van der Waals surface area (Å²) in [6.45, 7) is 3.10. The Kier molecular flexibility index (Phi) is 4.34. The minimum Gasteiger partial charge on any atom is -0.446 e. The summed E-state index contributed by atoms with van der Waals surface area (Å²) in [6, 6.07) is 0.0928. The number of hydrogen-bond acceptors (Lipinski definition) is 7. The van der Waals surface area contributed by atoms with Crippen LogP contribution in [0.3, 0.4) is 0 Å². The van der Waals surface area contributed by atoms with Gasteiger partial charge in [-0.05, 0) is 37.5 Å². The number of aliphatic hydroxyl groups excluding tert-OH is 1. The summed E-state index contributed by atoms with van der Waals surface area (Å²) in [6.07, 6.45) is 8.16. The lowest BCUT2D eigenvalue weighted by Crippen LogP contribution is -2.33. The molecule has 1 aliphatic carbocycles. The van der Waals surface area contributed by atoms with Gasteiger partial charge in [-0.15, -0.1) is 10.2 Å². The molecule has 0 bridgehead atoms. The fraction of sp³-hybridized carbons (Fsp3) is 0.684. The summed E-state index contributed by atoms with van der Waals surface area (Å²) in [4.78, 5) is 18.5. The number of amides is 1. The maximum atomic E-state index is 12.4. The van der Waals surface area contributed by atoms with E-state index in [1.165, 1.54) is 0 Å². The van der Waals surface area contributed by atoms with Crippen molar-refractivity contribution < 1.29 is 14.6 Å². The maximum Gasteiger partial charge on any atom is 0.410 e. The number of aromatic nitrogens is 3. The Morgan fingerprint density at radius 1 is 1.39 bits per heavy atom. The van der Waals surface area contributed by atoms with Gasteiger partial charge in [-0.1, -0.05) is 13.3 Å². The van der Waals surface area contributed by atoms with Crippen LogP contribution >= 0.6 is 0 Å². The van der Waals surface area contributed by atoms with Crippen LogP contribution in [0.4, 0.5) is 4.79 Å². The van der Waals surface area contributed by atoms with Gasteiger partial charge in [0.15, 0.2) is 5.82 Å². The first kappa shape index (κ1) is 17.7. The van der Waals surface area contributed by atoms with Gasteiger partial charge in [0.2, 0.25) is 0 Å². The minimum absolute atomic E-state index is 0.000974. The zero-order valence-electron chi connectivity index (χ0n) is 15.9. The van der Waals surface area contributed by atoms with Crippen LogP contribution in [0.15, 0.2) is 17.3 Å².